The fourth-order valence-electron chi connectivity index (χ4n) is 3.75. The molecule has 1 aromatic rings. The lowest BCUT2D eigenvalue weighted by Gasteiger charge is -2.41. The van der Waals surface area contributed by atoms with E-state index in [0.717, 1.165) is 19.1 Å². The molecule has 0 spiro atoms. The van der Waals surface area contributed by atoms with Crippen LogP contribution in [0.25, 0.3) is 0 Å². The summed E-state index contributed by atoms with van der Waals surface area (Å²) in [5.74, 6) is 0. The summed E-state index contributed by atoms with van der Waals surface area (Å²) < 4.78 is 0. The Hall–Kier alpha value is -0.970. The Balaban J connectivity index is 1.59. The second-order valence-electron chi connectivity index (χ2n) is 6.05. The molecule has 1 aliphatic carbocycles. The summed E-state index contributed by atoms with van der Waals surface area (Å²) in [6, 6.07) is 5.34. The summed E-state index contributed by atoms with van der Waals surface area (Å²) in [5, 5.41) is 0. The van der Waals surface area contributed by atoms with Gasteiger partial charge in [-0.05, 0) is 24.5 Å². The molecule has 0 aromatic carbocycles. The van der Waals surface area contributed by atoms with Crippen LogP contribution in [0, 0.1) is 0 Å². The number of aromatic nitrogens is 1. The normalized spacial score (nSPS) is 24.1. The average molecular weight is 274 g/mol. The monoisotopic (exact) mass is 274 g/mol. The van der Waals surface area contributed by atoms with E-state index < -0.39 is 0 Å². The molecule has 0 amide bonds. The maximum Gasteiger partial charge on any atom is 0.0486 e. The third kappa shape index (κ3) is 3.03. The highest BCUT2D eigenvalue weighted by molar-refractivity contribution is 5.14. The molecule has 1 saturated carbocycles. The standard InChI is InChI=1S/C16H26N4/c17-12-16(14-4-3-7-18-13-14)20-10-8-19(9-11-20)15-5-1-2-6-15/h3-4,7,13,15-16H,1-2,5-6,8-12,17H2. The van der Waals surface area contributed by atoms with Gasteiger partial charge in [-0.15, -0.1) is 0 Å². The third-order valence-corrected chi connectivity index (χ3v) is 4.92. The summed E-state index contributed by atoms with van der Waals surface area (Å²) in [5.41, 5.74) is 7.26. The minimum Gasteiger partial charge on any atom is -0.329 e. The smallest absolute Gasteiger partial charge is 0.0486 e. The van der Waals surface area contributed by atoms with Crippen molar-refractivity contribution in [2.45, 2.75) is 37.8 Å². The van der Waals surface area contributed by atoms with Gasteiger partial charge in [0.1, 0.15) is 0 Å². The molecule has 1 aromatic heterocycles. The van der Waals surface area contributed by atoms with E-state index in [9.17, 15) is 0 Å². The van der Waals surface area contributed by atoms with Crippen molar-refractivity contribution in [2.24, 2.45) is 5.73 Å². The Morgan fingerprint density at radius 2 is 1.95 bits per heavy atom. The molecule has 2 fully saturated rings. The number of hydrogen-bond acceptors (Lipinski definition) is 4. The van der Waals surface area contributed by atoms with Crippen LogP contribution < -0.4 is 5.73 Å². The first-order valence-electron chi connectivity index (χ1n) is 7.96. The van der Waals surface area contributed by atoms with Crippen LogP contribution >= 0.6 is 0 Å². The number of nitrogens with two attached hydrogens (primary N) is 1. The van der Waals surface area contributed by atoms with E-state index in [1.165, 1.54) is 44.3 Å². The summed E-state index contributed by atoms with van der Waals surface area (Å²) in [6.45, 7) is 5.33. The molecule has 3 rings (SSSR count). The van der Waals surface area contributed by atoms with Crippen molar-refractivity contribution in [1.82, 2.24) is 14.8 Å². The van der Waals surface area contributed by atoms with Gasteiger partial charge in [-0.3, -0.25) is 14.8 Å². The lowest BCUT2D eigenvalue weighted by molar-refractivity contribution is 0.0721. The van der Waals surface area contributed by atoms with Gasteiger partial charge in [0.15, 0.2) is 0 Å². The van der Waals surface area contributed by atoms with Crippen molar-refractivity contribution in [3.63, 3.8) is 0 Å². The molecule has 2 heterocycles. The van der Waals surface area contributed by atoms with Gasteiger partial charge in [0.25, 0.3) is 0 Å². The first-order chi connectivity index (χ1) is 9.88. The second kappa shape index (κ2) is 6.66. The van der Waals surface area contributed by atoms with Gasteiger partial charge < -0.3 is 5.73 Å². The minimum absolute atomic E-state index is 0.328. The molecule has 2 aliphatic rings. The molecule has 110 valence electrons. The van der Waals surface area contributed by atoms with Crippen LogP contribution in [0.3, 0.4) is 0 Å². The number of pyridine rings is 1. The van der Waals surface area contributed by atoms with Crippen molar-refractivity contribution in [1.29, 1.82) is 0 Å². The summed E-state index contributed by atoms with van der Waals surface area (Å²) in [7, 11) is 0. The number of piperazine rings is 1. The SMILES string of the molecule is NCC(c1cccnc1)N1CCN(C2CCCC2)CC1. The molecule has 20 heavy (non-hydrogen) atoms. The van der Waals surface area contributed by atoms with Gasteiger partial charge in [-0.2, -0.15) is 0 Å². The highest BCUT2D eigenvalue weighted by Gasteiger charge is 2.29. The van der Waals surface area contributed by atoms with Crippen LogP contribution in [0.15, 0.2) is 24.5 Å². The predicted molar refractivity (Wildman–Crippen MR) is 81.4 cm³/mol. The minimum atomic E-state index is 0.328. The maximum atomic E-state index is 6.01. The topological polar surface area (TPSA) is 45.4 Å². The van der Waals surface area contributed by atoms with E-state index in [1.807, 2.05) is 18.5 Å². The van der Waals surface area contributed by atoms with E-state index in [-0.39, 0.29) is 0 Å². The zero-order valence-corrected chi connectivity index (χ0v) is 12.2. The summed E-state index contributed by atoms with van der Waals surface area (Å²) in [6.07, 6.45) is 9.44. The molecule has 0 bridgehead atoms. The fourth-order valence-corrected chi connectivity index (χ4v) is 3.75. The molecule has 1 saturated heterocycles. The quantitative estimate of drug-likeness (QED) is 0.906. The van der Waals surface area contributed by atoms with Crippen molar-refractivity contribution in [3.8, 4) is 0 Å². The Bertz CT molecular complexity index is 394. The van der Waals surface area contributed by atoms with Crippen LogP contribution in [0.4, 0.5) is 0 Å². The van der Waals surface area contributed by atoms with Crippen molar-refractivity contribution in [3.05, 3.63) is 30.1 Å². The van der Waals surface area contributed by atoms with E-state index in [4.69, 9.17) is 5.73 Å². The summed E-state index contributed by atoms with van der Waals surface area (Å²) >= 11 is 0. The van der Waals surface area contributed by atoms with Crippen LogP contribution in [-0.2, 0) is 0 Å². The first kappa shape index (κ1) is 14.0. The average Bonchev–Trinajstić information content (AvgIpc) is 3.04. The van der Waals surface area contributed by atoms with Crippen molar-refractivity contribution >= 4 is 0 Å². The molecule has 4 heteroatoms. The molecule has 1 unspecified atom stereocenters. The maximum absolute atomic E-state index is 6.01. The van der Waals surface area contributed by atoms with Gasteiger partial charge in [-0.1, -0.05) is 18.9 Å². The van der Waals surface area contributed by atoms with Crippen LogP contribution in [0.5, 0.6) is 0 Å². The molecular weight excluding hydrogens is 248 g/mol. The lowest BCUT2D eigenvalue weighted by Crippen LogP contribution is -2.51. The molecule has 1 atom stereocenters. The zero-order chi connectivity index (χ0) is 13.8. The Kier molecular flexibility index (Phi) is 4.65. The molecule has 1 aliphatic heterocycles. The van der Waals surface area contributed by atoms with Gasteiger partial charge in [0, 0.05) is 57.2 Å². The van der Waals surface area contributed by atoms with Gasteiger partial charge >= 0.3 is 0 Å². The fraction of sp³-hybridized carbons (Fsp3) is 0.688. The Morgan fingerprint density at radius 3 is 2.55 bits per heavy atom. The molecule has 4 nitrogen and oxygen atoms in total. The van der Waals surface area contributed by atoms with Gasteiger partial charge in [-0.25, -0.2) is 0 Å². The van der Waals surface area contributed by atoms with Crippen molar-refractivity contribution < 1.29 is 0 Å². The molecule has 0 radical (unpaired) electrons. The van der Waals surface area contributed by atoms with Crippen molar-refractivity contribution in [2.75, 3.05) is 32.7 Å². The number of hydrogen-bond donors (Lipinski definition) is 1. The summed E-state index contributed by atoms with van der Waals surface area (Å²) in [4.78, 5) is 9.46. The van der Waals surface area contributed by atoms with E-state index in [0.29, 0.717) is 12.6 Å². The zero-order valence-electron chi connectivity index (χ0n) is 12.2. The van der Waals surface area contributed by atoms with Gasteiger partial charge in [0.2, 0.25) is 0 Å². The molecular formula is C16H26N4. The van der Waals surface area contributed by atoms with E-state index in [1.54, 1.807) is 0 Å². The third-order valence-electron chi connectivity index (χ3n) is 4.92. The lowest BCUT2D eigenvalue weighted by atomic mass is 10.1. The number of nitrogens with zero attached hydrogens (tertiary/aromatic N) is 3. The van der Waals surface area contributed by atoms with E-state index in [2.05, 4.69) is 20.9 Å². The van der Waals surface area contributed by atoms with E-state index >= 15 is 0 Å². The highest BCUT2D eigenvalue weighted by Crippen LogP contribution is 2.26. The molecule has 2 N–H and O–H groups in total. The number of rotatable bonds is 4. The Morgan fingerprint density at radius 1 is 1.20 bits per heavy atom. The first-order valence-corrected chi connectivity index (χ1v) is 7.96. The van der Waals surface area contributed by atoms with Gasteiger partial charge in [0.05, 0.1) is 0 Å². The van der Waals surface area contributed by atoms with Crippen LogP contribution in [0.1, 0.15) is 37.3 Å². The highest BCUT2D eigenvalue weighted by atomic mass is 15.3. The Labute approximate surface area is 122 Å². The predicted octanol–water partition coefficient (Wildman–Crippen LogP) is 1.64. The largest absolute Gasteiger partial charge is 0.329 e. The van der Waals surface area contributed by atoms with Crippen LogP contribution in [-0.4, -0.2) is 53.5 Å². The van der Waals surface area contributed by atoms with Crippen LogP contribution in [0.2, 0.25) is 0 Å². The second-order valence-corrected chi connectivity index (χ2v) is 6.05.